The molecule has 0 unspecified atom stereocenters. The van der Waals surface area contributed by atoms with Crippen LogP contribution in [0.5, 0.6) is 0 Å². The average molecular weight is 342 g/mol. The minimum atomic E-state index is -0.457. The number of ketones is 3. The molecule has 0 aliphatic heterocycles. The minimum absolute atomic E-state index is 0.00844. The summed E-state index contributed by atoms with van der Waals surface area (Å²) in [5, 5.41) is 2.51. The van der Waals surface area contributed by atoms with E-state index in [-0.39, 0.29) is 44.3 Å². The van der Waals surface area contributed by atoms with Crippen LogP contribution >= 0.6 is 11.6 Å². The highest BCUT2D eigenvalue weighted by Gasteiger charge is 2.35. The summed E-state index contributed by atoms with van der Waals surface area (Å²) >= 11 is 6.19. The Kier molecular flexibility index (Phi) is 3.81. The van der Waals surface area contributed by atoms with Crippen molar-refractivity contribution in [2.45, 2.75) is 13.8 Å². The molecule has 2 aromatic rings. The normalized spacial score (nSPS) is 12.5. The first-order valence-corrected chi connectivity index (χ1v) is 7.54. The first-order valence-electron chi connectivity index (χ1n) is 7.16. The second-order valence-corrected chi connectivity index (χ2v) is 5.88. The molecule has 2 aromatic carbocycles. The van der Waals surface area contributed by atoms with Crippen molar-refractivity contribution in [2.24, 2.45) is 0 Å². The van der Waals surface area contributed by atoms with Crippen molar-refractivity contribution in [3.05, 3.63) is 63.2 Å². The fourth-order valence-electron chi connectivity index (χ4n) is 2.83. The topological polar surface area (TPSA) is 80.3 Å². The number of rotatable bonds is 2. The van der Waals surface area contributed by atoms with E-state index < -0.39 is 17.5 Å². The number of fused-ring (bicyclic) bond motifs is 2. The zero-order chi connectivity index (χ0) is 17.6. The molecule has 5 nitrogen and oxygen atoms in total. The summed E-state index contributed by atoms with van der Waals surface area (Å²) in [4.78, 5) is 49.1. The fraction of sp³-hybridized carbons (Fsp3) is 0.111. The molecule has 0 fully saturated rings. The van der Waals surface area contributed by atoms with Gasteiger partial charge in [-0.05, 0) is 13.0 Å². The van der Waals surface area contributed by atoms with Gasteiger partial charge in [0.15, 0.2) is 17.3 Å². The minimum Gasteiger partial charge on any atom is -0.325 e. The van der Waals surface area contributed by atoms with Gasteiger partial charge >= 0.3 is 0 Å². The van der Waals surface area contributed by atoms with Crippen molar-refractivity contribution < 1.29 is 19.2 Å². The van der Waals surface area contributed by atoms with Crippen LogP contribution in [0.25, 0.3) is 0 Å². The summed E-state index contributed by atoms with van der Waals surface area (Å²) in [5.41, 5.74) is 0.567. The third kappa shape index (κ3) is 2.34. The van der Waals surface area contributed by atoms with E-state index in [0.29, 0.717) is 0 Å². The van der Waals surface area contributed by atoms with Crippen molar-refractivity contribution in [1.29, 1.82) is 0 Å². The lowest BCUT2D eigenvalue weighted by atomic mass is 9.81. The third-order valence-corrected chi connectivity index (χ3v) is 4.13. The smallest absolute Gasteiger partial charge is 0.221 e. The molecule has 3 rings (SSSR count). The van der Waals surface area contributed by atoms with Gasteiger partial charge in [-0.3, -0.25) is 19.2 Å². The largest absolute Gasteiger partial charge is 0.325 e. The van der Waals surface area contributed by atoms with Gasteiger partial charge < -0.3 is 5.32 Å². The van der Waals surface area contributed by atoms with Crippen LogP contribution in [-0.2, 0) is 4.79 Å². The van der Waals surface area contributed by atoms with E-state index in [2.05, 4.69) is 5.32 Å². The number of hydrogen-bond acceptors (Lipinski definition) is 4. The number of Topliss-reactive ketones (excluding diaryl/α,β-unsaturated/α-hetero) is 1. The molecule has 24 heavy (non-hydrogen) atoms. The summed E-state index contributed by atoms with van der Waals surface area (Å²) in [5.74, 6) is -1.69. The molecule has 120 valence electrons. The Balaban J connectivity index is 2.41. The lowest BCUT2D eigenvalue weighted by Gasteiger charge is -2.23. The van der Waals surface area contributed by atoms with E-state index in [4.69, 9.17) is 11.6 Å². The molecular formula is C18H12ClNO4. The summed E-state index contributed by atoms with van der Waals surface area (Å²) in [6, 6.07) is 7.69. The second-order valence-electron chi connectivity index (χ2n) is 5.47. The molecule has 0 heterocycles. The molecule has 0 saturated heterocycles. The summed E-state index contributed by atoms with van der Waals surface area (Å²) in [7, 11) is 0. The van der Waals surface area contributed by atoms with E-state index in [1.165, 1.54) is 26.0 Å². The number of halogens is 1. The van der Waals surface area contributed by atoms with E-state index in [9.17, 15) is 19.2 Å². The van der Waals surface area contributed by atoms with E-state index >= 15 is 0 Å². The van der Waals surface area contributed by atoms with Gasteiger partial charge in [-0.15, -0.1) is 0 Å². The number of carbonyl (C=O) groups is 4. The van der Waals surface area contributed by atoms with Crippen LogP contribution in [0.1, 0.15) is 56.0 Å². The maximum Gasteiger partial charge on any atom is 0.221 e. The van der Waals surface area contributed by atoms with Crippen LogP contribution in [0.2, 0.25) is 5.02 Å². The predicted octanol–water partition coefficient (Wildman–Crippen LogP) is 3.28. The third-order valence-electron chi connectivity index (χ3n) is 3.83. The van der Waals surface area contributed by atoms with Crippen molar-refractivity contribution in [2.75, 3.05) is 5.32 Å². The van der Waals surface area contributed by atoms with E-state index in [1.807, 2.05) is 0 Å². The van der Waals surface area contributed by atoms with Crippen LogP contribution in [0.3, 0.4) is 0 Å². The molecule has 1 aliphatic carbocycles. The molecule has 1 aliphatic rings. The van der Waals surface area contributed by atoms with Gasteiger partial charge in [0.25, 0.3) is 0 Å². The average Bonchev–Trinajstić information content (AvgIpc) is 2.53. The number of benzene rings is 2. The van der Waals surface area contributed by atoms with Crippen LogP contribution in [0.15, 0.2) is 30.3 Å². The van der Waals surface area contributed by atoms with Crippen molar-refractivity contribution in [1.82, 2.24) is 0 Å². The first kappa shape index (κ1) is 16.1. The van der Waals surface area contributed by atoms with Gasteiger partial charge in [0.1, 0.15) is 0 Å². The van der Waals surface area contributed by atoms with E-state index in [1.54, 1.807) is 18.2 Å². The Hall–Kier alpha value is -2.79. The summed E-state index contributed by atoms with van der Waals surface area (Å²) in [6.07, 6.45) is 0. The number of hydrogen-bond donors (Lipinski definition) is 1. The summed E-state index contributed by atoms with van der Waals surface area (Å²) in [6.45, 7) is 2.56. The summed E-state index contributed by atoms with van der Waals surface area (Å²) < 4.78 is 0. The highest BCUT2D eigenvalue weighted by atomic mass is 35.5. The fourth-order valence-corrected chi connectivity index (χ4v) is 3.12. The molecule has 0 bridgehead atoms. The highest BCUT2D eigenvalue weighted by molar-refractivity contribution is 6.41. The van der Waals surface area contributed by atoms with Crippen LogP contribution < -0.4 is 5.32 Å². The molecule has 0 saturated carbocycles. The lowest BCUT2D eigenvalue weighted by molar-refractivity contribution is -0.114. The molecule has 0 radical (unpaired) electrons. The first-order chi connectivity index (χ1) is 11.3. The maximum absolute atomic E-state index is 12.9. The van der Waals surface area contributed by atoms with Gasteiger partial charge in [-0.1, -0.05) is 35.9 Å². The van der Waals surface area contributed by atoms with Crippen LogP contribution in [0, 0.1) is 0 Å². The van der Waals surface area contributed by atoms with Crippen LogP contribution in [-0.4, -0.2) is 23.3 Å². The molecule has 0 aromatic heterocycles. The zero-order valence-electron chi connectivity index (χ0n) is 12.9. The Labute approximate surface area is 142 Å². The Bertz CT molecular complexity index is 946. The van der Waals surface area contributed by atoms with Crippen molar-refractivity contribution in [3.63, 3.8) is 0 Å². The number of carbonyl (C=O) groups excluding carboxylic acids is 4. The quantitative estimate of drug-likeness (QED) is 0.725. The van der Waals surface area contributed by atoms with Gasteiger partial charge in [-0.25, -0.2) is 0 Å². The van der Waals surface area contributed by atoms with Gasteiger partial charge in [0.2, 0.25) is 5.91 Å². The van der Waals surface area contributed by atoms with Gasteiger partial charge in [0, 0.05) is 23.6 Å². The Morgan fingerprint density at radius 3 is 2.00 bits per heavy atom. The zero-order valence-corrected chi connectivity index (χ0v) is 13.7. The predicted molar refractivity (Wildman–Crippen MR) is 89.1 cm³/mol. The van der Waals surface area contributed by atoms with Gasteiger partial charge in [0.05, 0.1) is 21.8 Å². The maximum atomic E-state index is 12.9. The lowest BCUT2D eigenvalue weighted by Crippen LogP contribution is -2.25. The second kappa shape index (κ2) is 5.69. The molecular weight excluding hydrogens is 330 g/mol. The number of amides is 1. The number of anilines is 1. The standard InChI is InChI=1S/C18H12ClNO4/c1-8(21)12-7-13(19)14-15(16(12)20-9(2)22)18(24)11-6-4-3-5-10(11)17(14)23/h3-7H,1-2H3,(H,20,22). The van der Waals surface area contributed by atoms with Crippen molar-refractivity contribution >= 4 is 40.5 Å². The molecule has 0 atom stereocenters. The van der Waals surface area contributed by atoms with Crippen molar-refractivity contribution in [3.8, 4) is 0 Å². The Morgan fingerprint density at radius 2 is 1.50 bits per heavy atom. The Morgan fingerprint density at radius 1 is 0.958 bits per heavy atom. The SMILES string of the molecule is CC(=O)Nc1c(C(C)=O)cc(Cl)c2c1C(=O)c1ccccc1C2=O. The monoisotopic (exact) mass is 341 g/mol. The molecule has 0 spiro atoms. The highest BCUT2D eigenvalue weighted by Crippen LogP contribution is 2.38. The van der Waals surface area contributed by atoms with Crippen LogP contribution in [0.4, 0.5) is 5.69 Å². The van der Waals surface area contributed by atoms with Gasteiger partial charge in [-0.2, -0.15) is 0 Å². The van der Waals surface area contributed by atoms with E-state index in [0.717, 1.165) is 0 Å². The number of nitrogens with one attached hydrogen (secondary N) is 1. The molecule has 1 amide bonds. The molecule has 6 heteroatoms. The molecule has 1 N–H and O–H groups in total.